The Morgan fingerprint density at radius 2 is 1.95 bits per heavy atom. The van der Waals surface area contributed by atoms with Crippen LogP contribution >= 0.6 is 23.2 Å². The van der Waals surface area contributed by atoms with E-state index >= 15 is 0 Å². The number of nitrogens with zero attached hydrogens (tertiary/aromatic N) is 1. The average Bonchev–Trinajstić information content (AvgIpc) is 2.38. The third kappa shape index (κ3) is 3.46. The summed E-state index contributed by atoms with van der Waals surface area (Å²) < 4.78 is 26.4. The Morgan fingerprint density at radius 1 is 1.35 bits per heavy atom. The van der Waals surface area contributed by atoms with E-state index in [1.54, 1.807) is 0 Å². The molecule has 1 aromatic carbocycles. The van der Waals surface area contributed by atoms with Crippen LogP contribution < -0.4 is 0 Å². The van der Waals surface area contributed by atoms with Gasteiger partial charge < -0.3 is 5.11 Å². The van der Waals surface area contributed by atoms with Gasteiger partial charge in [0.05, 0.1) is 11.6 Å². The van der Waals surface area contributed by atoms with Crippen LogP contribution in [0.15, 0.2) is 17.0 Å². The van der Waals surface area contributed by atoms with E-state index in [1.807, 2.05) is 13.8 Å². The fourth-order valence-corrected chi connectivity index (χ4v) is 4.17. The van der Waals surface area contributed by atoms with Crippen LogP contribution in [0.4, 0.5) is 0 Å². The van der Waals surface area contributed by atoms with Crippen LogP contribution in [0.25, 0.3) is 0 Å². The van der Waals surface area contributed by atoms with Crippen molar-refractivity contribution < 1.29 is 13.5 Å². The van der Waals surface area contributed by atoms with Gasteiger partial charge in [0.15, 0.2) is 0 Å². The maximum atomic E-state index is 12.6. The summed E-state index contributed by atoms with van der Waals surface area (Å²) in [5.41, 5.74) is 0.228. The average molecular weight is 340 g/mol. The van der Waals surface area contributed by atoms with Crippen molar-refractivity contribution in [1.29, 1.82) is 0 Å². The monoisotopic (exact) mass is 339 g/mol. The normalized spacial score (nSPS) is 13.8. The van der Waals surface area contributed by atoms with Crippen LogP contribution in [0.5, 0.6) is 0 Å². The summed E-state index contributed by atoms with van der Waals surface area (Å²) in [4.78, 5) is -0.0296. The first-order valence-electron chi connectivity index (χ1n) is 6.33. The van der Waals surface area contributed by atoms with Crippen molar-refractivity contribution in [3.63, 3.8) is 0 Å². The van der Waals surface area contributed by atoms with E-state index in [1.165, 1.54) is 23.5 Å². The summed E-state index contributed by atoms with van der Waals surface area (Å²) in [6, 6.07) is 2.67. The summed E-state index contributed by atoms with van der Waals surface area (Å²) in [5, 5.41) is 9.48. The molecule has 114 valence electrons. The van der Waals surface area contributed by atoms with Crippen molar-refractivity contribution in [2.75, 3.05) is 7.05 Å². The van der Waals surface area contributed by atoms with Gasteiger partial charge in [-0.2, -0.15) is 4.31 Å². The highest BCUT2D eigenvalue weighted by Gasteiger charge is 2.28. The molecule has 0 radical (unpaired) electrons. The first kappa shape index (κ1) is 17.7. The molecule has 20 heavy (non-hydrogen) atoms. The lowest BCUT2D eigenvalue weighted by Crippen LogP contribution is -2.35. The highest BCUT2D eigenvalue weighted by atomic mass is 35.5. The lowest BCUT2D eigenvalue weighted by Gasteiger charge is -2.25. The zero-order valence-corrected chi connectivity index (χ0v) is 14.1. The molecule has 1 aromatic rings. The molecule has 1 unspecified atom stereocenters. The van der Waals surface area contributed by atoms with Crippen LogP contribution in [-0.4, -0.2) is 30.9 Å². The van der Waals surface area contributed by atoms with E-state index < -0.39 is 16.6 Å². The third-order valence-corrected chi connectivity index (χ3v) is 6.20. The molecule has 0 bridgehead atoms. The first-order chi connectivity index (χ1) is 9.27. The highest BCUT2D eigenvalue weighted by Crippen LogP contribution is 2.33. The van der Waals surface area contributed by atoms with Gasteiger partial charge in [0.1, 0.15) is 4.90 Å². The molecule has 0 heterocycles. The summed E-state index contributed by atoms with van der Waals surface area (Å²) in [5.74, 6) is 0. The number of sulfonamides is 1. The summed E-state index contributed by atoms with van der Waals surface area (Å²) in [6.07, 6.45) is 1.64. The Morgan fingerprint density at radius 3 is 2.45 bits per heavy atom. The summed E-state index contributed by atoms with van der Waals surface area (Å²) >= 11 is 12.0. The van der Waals surface area contributed by atoms with Gasteiger partial charge in [0.2, 0.25) is 10.0 Å². The van der Waals surface area contributed by atoms with Crippen molar-refractivity contribution in [3.8, 4) is 0 Å². The molecule has 0 aliphatic carbocycles. The quantitative estimate of drug-likeness (QED) is 0.864. The number of aliphatic hydroxyl groups excluding tert-OH is 1. The maximum absolute atomic E-state index is 12.6. The Labute approximate surface area is 130 Å². The highest BCUT2D eigenvalue weighted by molar-refractivity contribution is 7.89. The third-order valence-electron chi connectivity index (χ3n) is 3.29. The van der Waals surface area contributed by atoms with Gasteiger partial charge in [-0.05, 0) is 25.5 Å². The number of hydrogen-bond donors (Lipinski definition) is 1. The zero-order chi connectivity index (χ0) is 15.5. The summed E-state index contributed by atoms with van der Waals surface area (Å²) in [6.45, 7) is 3.43. The minimum Gasteiger partial charge on any atom is -0.392 e. The molecule has 1 N–H and O–H groups in total. The predicted octanol–water partition coefficient (Wildman–Crippen LogP) is 3.29. The first-order valence-corrected chi connectivity index (χ1v) is 8.52. The van der Waals surface area contributed by atoms with E-state index in [2.05, 4.69) is 0 Å². The molecule has 0 saturated carbocycles. The van der Waals surface area contributed by atoms with E-state index in [4.69, 9.17) is 23.2 Å². The smallest absolute Gasteiger partial charge is 0.244 e. The molecule has 4 nitrogen and oxygen atoms in total. The van der Waals surface area contributed by atoms with Crippen LogP contribution in [0.1, 0.15) is 32.3 Å². The SMILES string of the molecule is CCCC(C)N(C)S(=O)(=O)c1ccc(Cl)c(CO)c1Cl. The number of benzene rings is 1. The van der Waals surface area contributed by atoms with Crippen molar-refractivity contribution in [2.45, 2.75) is 44.2 Å². The number of halogens is 2. The Hall–Kier alpha value is -0.330. The molecule has 0 spiro atoms. The minimum absolute atomic E-state index is 0.0180. The van der Waals surface area contributed by atoms with Crippen molar-refractivity contribution in [2.24, 2.45) is 0 Å². The zero-order valence-electron chi connectivity index (χ0n) is 11.7. The largest absolute Gasteiger partial charge is 0.392 e. The molecule has 0 saturated heterocycles. The Balaban J connectivity index is 3.29. The van der Waals surface area contributed by atoms with Crippen molar-refractivity contribution >= 4 is 33.2 Å². The number of rotatable bonds is 6. The molecular formula is C13H19Cl2NO3S. The second kappa shape index (κ2) is 7.09. The lowest BCUT2D eigenvalue weighted by atomic mass is 10.2. The lowest BCUT2D eigenvalue weighted by molar-refractivity contribution is 0.281. The second-order valence-electron chi connectivity index (χ2n) is 4.66. The fourth-order valence-electron chi connectivity index (χ4n) is 1.91. The van der Waals surface area contributed by atoms with Crippen LogP contribution in [0.2, 0.25) is 10.0 Å². The minimum atomic E-state index is -3.71. The van der Waals surface area contributed by atoms with Crippen LogP contribution in [-0.2, 0) is 16.6 Å². The van der Waals surface area contributed by atoms with Crippen molar-refractivity contribution in [3.05, 3.63) is 27.7 Å². The van der Waals surface area contributed by atoms with Gasteiger partial charge >= 0.3 is 0 Å². The van der Waals surface area contributed by atoms with Gasteiger partial charge in [-0.1, -0.05) is 36.5 Å². The maximum Gasteiger partial charge on any atom is 0.244 e. The fraction of sp³-hybridized carbons (Fsp3) is 0.538. The standard InChI is InChI=1S/C13H19Cl2NO3S/c1-4-5-9(2)16(3)20(18,19)12-7-6-11(14)10(8-17)13(12)15/h6-7,9,17H,4-5,8H2,1-3H3. The molecule has 7 heteroatoms. The number of hydrogen-bond acceptors (Lipinski definition) is 3. The molecule has 0 amide bonds. The van der Waals surface area contributed by atoms with Gasteiger partial charge in [-0.15, -0.1) is 0 Å². The molecule has 0 aliphatic rings. The topological polar surface area (TPSA) is 57.6 Å². The predicted molar refractivity (Wildman–Crippen MR) is 81.7 cm³/mol. The molecule has 1 atom stereocenters. The van der Waals surface area contributed by atoms with E-state index in [0.29, 0.717) is 0 Å². The van der Waals surface area contributed by atoms with Gasteiger partial charge in [0.25, 0.3) is 0 Å². The van der Waals surface area contributed by atoms with E-state index in [9.17, 15) is 13.5 Å². The Kier molecular flexibility index (Phi) is 6.28. The van der Waals surface area contributed by atoms with Gasteiger partial charge in [0, 0.05) is 23.7 Å². The molecule has 1 rings (SSSR count). The van der Waals surface area contributed by atoms with Gasteiger partial charge in [-0.25, -0.2) is 8.42 Å². The molecule has 0 aromatic heterocycles. The molecule has 0 fully saturated rings. The summed E-state index contributed by atoms with van der Waals surface area (Å²) in [7, 11) is -2.18. The number of aliphatic hydroxyl groups is 1. The van der Waals surface area contributed by atoms with E-state index in [-0.39, 0.29) is 26.5 Å². The molecule has 0 aliphatic heterocycles. The molecular weight excluding hydrogens is 321 g/mol. The second-order valence-corrected chi connectivity index (χ2v) is 7.41. The van der Waals surface area contributed by atoms with Crippen LogP contribution in [0.3, 0.4) is 0 Å². The Bertz CT molecular complexity index is 575. The van der Waals surface area contributed by atoms with Crippen molar-refractivity contribution in [1.82, 2.24) is 4.31 Å². The van der Waals surface area contributed by atoms with Gasteiger partial charge in [-0.3, -0.25) is 0 Å². The van der Waals surface area contributed by atoms with Crippen LogP contribution in [0, 0.1) is 0 Å². The van der Waals surface area contributed by atoms with E-state index in [0.717, 1.165) is 12.8 Å².